The molecule has 0 saturated heterocycles. The first kappa shape index (κ1) is 15.4. The lowest BCUT2D eigenvalue weighted by atomic mass is 9.99. The molecule has 0 bridgehead atoms. The summed E-state index contributed by atoms with van der Waals surface area (Å²) in [5.41, 5.74) is 1.81. The Hall–Kier alpha value is -1.46. The van der Waals surface area contributed by atoms with E-state index in [-0.39, 0.29) is 12.4 Å². The highest BCUT2D eigenvalue weighted by atomic mass is 79.9. The lowest BCUT2D eigenvalue weighted by Crippen LogP contribution is -2.13. The van der Waals surface area contributed by atoms with E-state index in [4.69, 9.17) is 4.74 Å². The summed E-state index contributed by atoms with van der Waals surface area (Å²) in [4.78, 5) is 26.0. The molecule has 22 heavy (non-hydrogen) atoms. The van der Waals surface area contributed by atoms with E-state index >= 15 is 0 Å². The van der Waals surface area contributed by atoms with E-state index in [1.165, 1.54) is 34.6 Å². The standard InChI is InChI=1S/C17H15BrO3S/c18-13-7-5-11(6-8-13)14(19)10-21-17(20)16-9-12-3-1-2-4-15(12)22-16/h5-9H,1-4,10H2. The molecule has 3 nitrogen and oxygen atoms in total. The van der Waals surface area contributed by atoms with Gasteiger partial charge in [0.1, 0.15) is 4.88 Å². The summed E-state index contributed by atoms with van der Waals surface area (Å²) < 4.78 is 6.07. The number of esters is 1. The minimum Gasteiger partial charge on any atom is -0.453 e. The van der Waals surface area contributed by atoms with Crippen LogP contribution in [0.3, 0.4) is 0 Å². The van der Waals surface area contributed by atoms with Crippen LogP contribution in [-0.2, 0) is 17.6 Å². The third-order valence-electron chi connectivity index (χ3n) is 3.70. The number of rotatable bonds is 4. The topological polar surface area (TPSA) is 43.4 Å². The van der Waals surface area contributed by atoms with E-state index in [0.717, 1.165) is 17.3 Å². The van der Waals surface area contributed by atoms with Gasteiger partial charge in [-0.1, -0.05) is 28.1 Å². The van der Waals surface area contributed by atoms with Crippen molar-refractivity contribution in [2.24, 2.45) is 0 Å². The second kappa shape index (κ2) is 6.75. The SMILES string of the molecule is O=C(COC(=O)c1cc2c(s1)CCCC2)c1ccc(Br)cc1. The fraction of sp³-hybridized carbons (Fsp3) is 0.294. The molecule has 2 aromatic rings. The highest BCUT2D eigenvalue weighted by molar-refractivity contribution is 9.10. The van der Waals surface area contributed by atoms with E-state index in [0.29, 0.717) is 10.4 Å². The van der Waals surface area contributed by atoms with Crippen LogP contribution < -0.4 is 0 Å². The first-order valence-electron chi connectivity index (χ1n) is 7.21. The normalized spacial score (nSPS) is 13.5. The zero-order chi connectivity index (χ0) is 15.5. The number of Topliss-reactive ketones (excluding diaryl/α,β-unsaturated/α-hetero) is 1. The number of ketones is 1. The molecule has 1 aromatic heterocycles. The largest absolute Gasteiger partial charge is 0.453 e. The van der Waals surface area contributed by atoms with Crippen LogP contribution in [-0.4, -0.2) is 18.4 Å². The molecule has 0 saturated carbocycles. The first-order valence-corrected chi connectivity index (χ1v) is 8.82. The maximum absolute atomic E-state index is 12.1. The van der Waals surface area contributed by atoms with Gasteiger partial charge in [0.25, 0.3) is 0 Å². The molecular formula is C17H15BrO3S. The van der Waals surface area contributed by atoms with E-state index in [1.807, 2.05) is 6.07 Å². The summed E-state index contributed by atoms with van der Waals surface area (Å²) in [7, 11) is 0. The van der Waals surface area contributed by atoms with Gasteiger partial charge in [0.05, 0.1) is 0 Å². The molecule has 3 rings (SSSR count). The molecule has 1 aliphatic rings. The van der Waals surface area contributed by atoms with Gasteiger partial charge in [-0.25, -0.2) is 4.79 Å². The summed E-state index contributed by atoms with van der Waals surface area (Å²) in [6.07, 6.45) is 4.45. The van der Waals surface area contributed by atoms with E-state index in [9.17, 15) is 9.59 Å². The fourth-order valence-electron chi connectivity index (χ4n) is 2.51. The van der Waals surface area contributed by atoms with Crippen molar-refractivity contribution in [1.29, 1.82) is 0 Å². The molecule has 1 heterocycles. The monoisotopic (exact) mass is 378 g/mol. The van der Waals surface area contributed by atoms with E-state index in [1.54, 1.807) is 24.3 Å². The Labute approximate surface area is 141 Å². The highest BCUT2D eigenvalue weighted by Gasteiger charge is 2.19. The fourth-order valence-corrected chi connectivity index (χ4v) is 3.92. The van der Waals surface area contributed by atoms with Crippen molar-refractivity contribution in [3.8, 4) is 0 Å². The van der Waals surface area contributed by atoms with Crippen molar-refractivity contribution in [1.82, 2.24) is 0 Å². The number of hydrogen-bond donors (Lipinski definition) is 0. The molecule has 0 radical (unpaired) electrons. The van der Waals surface area contributed by atoms with Crippen molar-refractivity contribution in [3.05, 3.63) is 55.7 Å². The van der Waals surface area contributed by atoms with Crippen LogP contribution in [0.1, 0.15) is 43.3 Å². The quantitative estimate of drug-likeness (QED) is 0.583. The van der Waals surface area contributed by atoms with Crippen molar-refractivity contribution in [3.63, 3.8) is 0 Å². The average Bonchev–Trinajstić information content (AvgIpc) is 2.97. The molecule has 5 heteroatoms. The molecule has 0 atom stereocenters. The van der Waals surface area contributed by atoms with Gasteiger partial charge in [-0.3, -0.25) is 4.79 Å². The van der Waals surface area contributed by atoms with Crippen LogP contribution in [0.5, 0.6) is 0 Å². The molecule has 0 unspecified atom stereocenters. The molecule has 0 fully saturated rings. The lowest BCUT2D eigenvalue weighted by molar-refractivity contribution is 0.0479. The number of halogens is 1. The zero-order valence-corrected chi connectivity index (χ0v) is 14.3. The molecule has 0 amide bonds. The Balaban J connectivity index is 1.61. The summed E-state index contributed by atoms with van der Waals surface area (Å²) in [5.74, 6) is -0.591. The van der Waals surface area contributed by atoms with Gasteiger partial charge in [0.15, 0.2) is 12.4 Å². The molecular weight excluding hydrogens is 364 g/mol. The van der Waals surface area contributed by atoms with Crippen molar-refractivity contribution < 1.29 is 14.3 Å². The van der Waals surface area contributed by atoms with E-state index in [2.05, 4.69) is 15.9 Å². The van der Waals surface area contributed by atoms with Gasteiger partial charge < -0.3 is 4.74 Å². The second-order valence-electron chi connectivity index (χ2n) is 5.27. The molecule has 1 aromatic carbocycles. The predicted molar refractivity (Wildman–Crippen MR) is 89.7 cm³/mol. The van der Waals surface area contributed by atoms with Crippen LogP contribution in [0.15, 0.2) is 34.8 Å². The molecule has 0 spiro atoms. The summed E-state index contributed by atoms with van der Waals surface area (Å²) >= 11 is 4.82. The van der Waals surface area contributed by atoms with Gasteiger partial charge in [-0.2, -0.15) is 0 Å². The van der Waals surface area contributed by atoms with Gasteiger partial charge in [0, 0.05) is 14.9 Å². The Bertz CT molecular complexity index is 680. The van der Waals surface area contributed by atoms with Gasteiger partial charge in [-0.05, 0) is 49.4 Å². The summed E-state index contributed by atoms with van der Waals surface area (Å²) in [5, 5.41) is 0. The molecule has 1 aliphatic carbocycles. The molecule has 0 aliphatic heterocycles. The first-order chi connectivity index (χ1) is 10.6. The third kappa shape index (κ3) is 3.47. The van der Waals surface area contributed by atoms with Crippen LogP contribution in [0.25, 0.3) is 0 Å². The summed E-state index contributed by atoms with van der Waals surface area (Å²) in [6, 6.07) is 8.94. The average molecular weight is 379 g/mol. The van der Waals surface area contributed by atoms with Gasteiger partial charge in [-0.15, -0.1) is 11.3 Å². The van der Waals surface area contributed by atoms with Gasteiger partial charge in [0.2, 0.25) is 0 Å². The van der Waals surface area contributed by atoms with Crippen LogP contribution in [0.2, 0.25) is 0 Å². The number of carbonyl (C=O) groups is 2. The maximum atomic E-state index is 12.1. The minimum absolute atomic E-state index is 0.192. The summed E-state index contributed by atoms with van der Waals surface area (Å²) in [6.45, 7) is -0.219. The van der Waals surface area contributed by atoms with E-state index < -0.39 is 5.97 Å². The Morgan fingerprint density at radius 2 is 1.86 bits per heavy atom. The van der Waals surface area contributed by atoms with Crippen LogP contribution in [0, 0.1) is 0 Å². The maximum Gasteiger partial charge on any atom is 0.348 e. The zero-order valence-electron chi connectivity index (χ0n) is 11.9. The molecule has 114 valence electrons. The second-order valence-corrected chi connectivity index (χ2v) is 7.32. The Morgan fingerprint density at radius 1 is 1.14 bits per heavy atom. The number of ether oxygens (including phenoxy) is 1. The van der Waals surface area contributed by atoms with Crippen molar-refractivity contribution >= 4 is 39.0 Å². The third-order valence-corrected chi connectivity index (χ3v) is 5.44. The Morgan fingerprint density at radius 3 is 2.59 bits per heavy atom. The lowest BCUT2D eigenvalue weighted by Gasteiger charge is -2.08. The number of aryl methyl sites for hydroxylation is 2. The number of hydrogen-bond acceptors (Lipinski definition) is 4. The van der Waals surface area contributed by atoms with Gasteiger partial charge >= 0.3 is 5.97 Å². The van der Waals surface area contributed by atoms with Crippen LogP contribution in [0.4, 0.5) is 0 Å². The highest BCUT2D eigenvalue weighted by Crippen LogP contribution is 2.30. The van der Waals surface area contributed by atoms with Crippen molar-refractivity contribution in [2.45, 2.75) is 25.7 Å². The Kier molecular flexibility index (Phi) is 4.74. The van der Waals surface area contributed by atoms with Crippen LogP contribution >= 0.6 is 27.3 Å². The number of benzene rings is 1. The minimum atomic E-state index is -0.398. The number of fused-ring (bicyclic) bond motifs is 1. The number of carbonyl (C=O) groups excluding carboxylic acids is 2. The number of thiophene rings is 1. The molecule has 0 N–H and O–H groups in total. The smallest absolute Gasteiger partial charge is 0.348 e. The predicted octanol–water partition coefficient (Wildman–Crippen LogP) is 4.43. The van der Waals surface area contributed by atoms with Crippen molar-refractivity contribution in [2.75, 3.05) is 6.61 Å².